The van der Waals surface area contributed by atoms with Crippen LogP contribution >= 0.6 is 23.2 Å². The van der Waals surface area contributed by atoms with Crippen LogP contribution in [0, 0.1) is 17.2 Å². The highest BCUT2D eigenvalue weighted by Crippen LogP contribution is 2.32. The van der Waals surface area contributed by atoms with E-state index in [1.807, 2.05) is 12.1 Å². The van der Waals surface area contributed by atoms with Gasteiger partial charge < -0.3 is 4.90 Å². The second-order valence-electron chi connectivity index (χ2n) is 4.09. The third kappa shape index (κ3) is 2.11. The molecule has 0 spiro atoms. The van der Waals surface area contributed by atoms with Crippen LogP contribution in [0.15, 0.2) is 18.2 Å². The number of nitrogens with zero attached hydrogens (tertiary/aromatic N) is 2. The van der Waals surface area contributed by atoms with Gasteiger partial charge in [0.25, 0.3) is 0 Å². The Hall–Kier alpha value is -0.910. The molecule has 0 amide bonds. The molecule has 0 bridgehead atoms. The predicted molar refractivity (Wildman–Crippen MR) is 67.0 cm³/mol. The van der Waals surface area contributed by atoms with E-state index < -0.39 is 0 Å². The van der Waals surface area contributed by atoms with Gasteiger partial charge in [-0.15, -0.1) is 0 Å². The van der Waals surface area contributed by atoms with Crippen LogP contribution < -0.4 is 4.90 Å². The van der Waals surface area contributed by atoms with E-state index in [9.17, 15) is 0 Å². The van der Waals surface area contributed by atoms with E-state index in [1.54, 1.807) is 6.07 Å². The average Bonchev–Trinajstić information content (AvgIpc) is 2.58. The minimum absolute atomic E-state index is 0.0951. The fraction of sp³-hybridized carbons (Fsp3) is 0.417. The third-order valence-corrected chi connectivity index (χ3v) is 3.54. The van der Waals surface area contributed by atoms with Gasteiger partial charge in [0, 0.05) is 28.3 Å². The summed E-state index contributed by atoms with van der Waals surface area (Å²) in [7, 11) is 0. The Balaban J connectivity index is 2.29. The minimum atomic E-state index is 0.0951. The highest BCUT2D eigenvalue weighted by Gasteiger charge is 2.30. The summed E-state index contributed by atoms with van der Waals surface area (Å²) >= 11 is 11.9. The molecule has 2 rings (SSSR count). The number of nitriles is 1. The minimum Gasteiger partial charge on any atom is -0.367 e. The van der Waals surface area contributed by atoms with E-state index in [1.165, 1.54) is 0 Å². The van der Waals surface area contributed by atoms with Crippen LogP contribution in [0.3, 0.4) is 0 Å². The summed E-state index contributed by atoms with van der Waals surface area (Å²) < 4.78 is 0. The molecule has 1 aliphatic rings. The van der Waals surface area contributed by atoms with Crippen LogP contribution in [0.25, 0.3) is 0 Å². The van der Waals surface area contributed by atoms with E-state index in [4.69, 9.17) is 28.5 Å². The average molecular weight is 255 g/mol. The first kappa shape index (κ1) is 11.6. The third-order valence-electron chi connectivity index (χ3n) is 3.10. The molecule has 0 saturated carbocycles. The maximum atomic E-state index is 8.98. The molecule has 1 aliphatic heterocycles. The highest BCUT2D eigenvalue weighted by molar-refractivity contribution is 6.35. The van der Waals surface area contributed by atoms with Crippen LogP contribution in [-0.4, -0.2) is 12.6 Å². The van der Waals surface area contributed by atoms with Crippen molar-refractivity contribution in [1.29, 1.82) is 5.26 Å². The van der Waals surface area contributed by atoms with E-state index in [0.29, 0.717) is 10.0 Å². The lowest BCUT2D eigenvalue weighted by Gasteiger charge is -2.25. The molecule has 1 fully saturated rings. The van der Waals surface area contributed by atoms with Gasteiger partial charge in [-0.2, -0.15) is 5.26 Å². The number of halogens is 2. The van der Waals surface area contributed by atoms with Crippen LogP contribution in [0.1, 0.15) is 13.3 Å². The molecule has 0 aromatic heterocycles. The molecule has 2 unspecified atom stereocenters. The van der Waals surface area contributed by atoms with Crippen LogP contribution in [0.5, 0.6) is 0 Å². The maximum Gasteiger partial charge on any atom is 0.0681 e. The molecule has 0 N–H and O–H groups in total. The molecule has 1 aromatic carbocycles. The Morgan fingerprint density at radius 3 is 2.44 bits per heavy atom. The highest BCUT2D eigenvalue weighted by atomic mass is 35.5. The fourth-order valence-electron chi connectivity index (χ4n) is 2.18. The van der Waals surface area contributed by atoms with Crippen molar-refractivity contribution in [2.75, 3.05) is 11.4 Å². The quantitative estimate of drug-likeness (QED) is 0.764. The monoisotopic (exact) mass is 254 g/mol. The maximum absolute atomic E-state index is 8.98. The van der Waals surface area contributed by atoms with Crippen LogP contribution in [-0.2, 0) is 0 Å². The molecule has 0 radical (unpaired) electrons. The molecule has 4 heteroatoms. The summed E-state index contributed by atoms with van der Waals surface area (Å²) in [6, 6.07) is 8.06. The van der Waals surface area contributed by atoms with Gasteiger partial charge in [0.1, 0.15) is 0 Å². The van der Waals surface area contributed by atoms with E-state index >= 15 is 0 Å². The van der Waals surface area contributed by atoms with Crippen molar-refractivity contribution in [2.45, 2.75) is 19.4 Å². The molecule has 1 heterocycles. The zero-order valence-electron chi connectivity index (χ0n) is 8.95. The van der Waals surface area contributed by atoms with Crippen molar-refractivity contribution in [3.8, 4) is 6.07 Å². The summed E-state index contributed by atoms with van der Waals surface area (Å²) in [6.07, 6.45) is 0.905. The number of hydrogen-bond donors (Lipinski definition) is 0. The van der Waals surface area contributed by atoms with Crippen molar-refractivity contribution in [3.63, 3.8) is 0 Å². The molecule has 16 heavy (non-hydrogen) atoms. The van der Waals surface area contributed by atoms with Crippen molar-refractivity contribution in [3.05, 3.63) is 28.2 Å². The zero-order chi connectivity index (χ0) is 11.7. The van der Waals surface area contributed by atoms with Gasteiger partial charge in [-0.25, -0.2) is 0 Å². The molecular weight excluding hydrogens is 243 g/mol. The van der Waals surface area contributed by atoms with Crippen molar-refractivity contribution in [2.24, 2.45) is 5.92 Å². The first-order chi connectivity index (χ1) is 7.61. The summed E-state index contributed by atoms with van der Waals surface area (Å²) in [5.74, 6) is 0.0951. The molecule has 84 valence electrons. The second-order valence-corrected chi connectivity index (χ2v) is 4.96. The Labute approximate surface area is 105 Å². The molecule has 0 aliphatic carbocycles. The second kappa shape index (κ2) is 4.53. The van der Waals surface area contributed by atoms with Crippen molar-refractivity contribution in [1.82, 2.24) is 0 Å². The van der Waals surface area contributed by atoms with Gasteiger partial charge in [0.15, 0.2) is 0 Å². The van der Waals surface area contributed by atoms with Crippen molar-refractivity contribution < 1.29 is 0 Å². The van der Waals surface area contributed by atoms with E-state index in [2.05, 4.69) is 17.9 Å². The van der Waals surface area contributed by atoms with Gasteiger partial charge in [0.2, 0.25) is 0 Å². The Morgan fingerprint density at radius 2 is 1.94 bits per heavy atom. The predicted octanol–water partition coefficient (Wildman–Crippen LogP) is 3.73. The molecular formula is C12H12Cl2N2. The Kier molecular flexibility index (Phi) is 3.28. The zero-order valence-corrected chi connectivity index (χ0v) is 10.5. The number of rotatable bonds is 1. The van der Waals surface area contributed by atoms with Gasteiger partial charge in [-0.3, -0.25) is 0 Å². The van der Waals surface area contributed by atoms with Gasteiger partial charge >= 0.3 is 0 Å². The molecule has 2 atom stereocenters. The summed E-state index contributed by atoms with van der Waals surface area (Å²) in [5.41, 5.74) is 1.00. The van der Waals surface area contributed by atoms with E-state index in [0.717, 1.165) is 18.7 Å². The lowest BCUT2D eigenvalue weighted by molar-refractivity contribution is 0.615. The van der Waals surface area contributed by atoms with Gasteiger partial charge in [0.05, 0.1) is 12.0 Å². The van der Waals surface area contributed by atoms with Gasteiger partial charge in [-0.1, -0.05) is 23.2 Å². The topological polar surface area (TPSA) is 27.0 Å². The summed E-state index contributed by atoms with van der Waals surface area (Å²) in [4.78, 5) is 2.19. The summed E-state index contributed by atoms with van der Waals surface area (Å²) in [6.45, 7) is 2.95. The largest absolute Gasteiger partial charge is 0.367 e. The standard InChI is InChI=1S/C12H12Cl2N2/c1-8-9(7-15)2-3-16(8)12-5-10(13)4-11(14)6-12/h4-6,8-9H,2-3H2,1H3. The fourth-order valence-corrected chi connectivity index (χ4v) is 2.70. The lowest BCUT2D eigenvalue weighted by Crippen LogP contribution is -2.29. The van der Waals surface area contributed by atoms with E-state index in [-0.39, 0.29) is 12.0 Å². The normalized spacial score (nSPS) is 24.5. The molecule has 1 saturated heterocycles. The number of anilines is 1. The van der Waals surface area contributed by atoms with Gasteiger partial charge in [-0.05, 0) is 31.5 Å². The van der Waals surface area contributed by atoms with Crippen LogP contribution in [0.4, 0.5) is 5.69 Å². The first-order valence-corrected chi connectivity index (χ1v) is 6.00. The Bertz CT molecular complexity index is 419. The summed E-state index contributed by atoms with van der Waals surface area (Å²) in [5, 5.41) is 10.3. The molecule has 2 nitrogen and oxygen atoms in total. The number of benzene rings is 1. The molecule has 1 aromatic rings. The smallest absolute Gasteiger partial charge is 0.0681 e. The lowest BCUT2D eigenvalue weighted by atomic mass is 10.0. The SMILES string of the molecule is CC1C(C#N)CCN1c1cc(Cl)cc(Cl)c1. The number of hydrogen-bond acceptors (Lipinski definition) is 2. The van der Waals surface area contributed by atoms with Crippen molar-refractivity contribution >= 4 is 28.9 Å². The van der Waals surface area contributed by atoms with Crippen LogP contribution in [0.2, 0.25) is 10.0 Å². The first-order valence-electron chi connectivity index (χ1n) is 5.24. The Morgan fingerprint density at radius 1 is 1.31 bits per heavy atom.